The molecule has 1 aliphatic rings. The van der Waals surface area contributed by atoms with E-state index in [1.807, 2.05) is 30.3 Å². The summed E-state index contributed by atoms with van der Waals surface area (Å²) >= 11 is 0. The van der Waals surface area contributed by atoms with E-state index >= 15 is 0 Å². The van der Waals surface area contributed by atoms with Gasteiger partial charge in [0, 0.05) is 26.1 Å². The number of allylic oxidation sites excluding steroid dienone is 2. The molecule has 0 saturated carbocycles. The van der Waals surface area contributed by atoms with Gasteiger partial charge < -0.3 is 34.8 Å². The number of rotatable bonds is 14. The summed E-state index contributed by atoms with van der Waals surface area (Å²) in [5, 5.41) is 8.71. The number of ether oxygens (including phenoxy) is 2. The first-order valence-corrected chi connectivity index (χ1v) is 19.7. The summed E-state index contributed by atoms with van der Waals surface area (Å²) in [6, 6.07) is 4.93. The Morgan fingerprint density at radius 1 is 1.10 bits per heavy atom. The first kappa shape index (κ1) is 40.5. The molecule has 0 aliphatic carbocycles. The van der Waals surface area contributed by atoms with Gasteiger partial charge in [-0.25, -0.2) is 4.79 Å². The largest absolute Gasteiger partial charge is 0.543 e. The van der Waals surface area contributed by atoms with Crippen molar-refractivity contribution >= 4 is 32.2 Å². The lowest BCUT2D eigenvalue weighted by Gasteiger charge is -2.36. The van der Waals surface area contributed by atoms with E-state index in [2.05, 4.69) is 56.4 Å². The minimum atomic E-state index is -2.13. The highest BCUT2D eigenvalue weighted by molar-refractivity contribution is 6.74. The van der Waals surface area contributed by atoms with E-state index in [9.17, 15) is 19.2 Å². The molecule has 0 spiro atoms. The van der Waals surface area contributed by atoms with Crippen LogP contribution in [-0.2, 0) is 30.3 Å². The second kappa shape index (κ2) is 17.7. The van der Waals surface area contributed by atoms with Gasteiger partial charge in [-0.15, -0.1) is 0 Å². The number of esters is 1. The fourth-order valence-corrected chi connectivity index (χ4v) is 5.72. The van der Waals surface area contributed by atoms with Crippen molar-refractivity contribution in [1.29, 1.82) is 0 Å². The molecule has 0 radical (unpaired) electrons. The number of alkyl carbamates (subject to hydrolysis) is 1. The van der Waals surface area contributed by atoms with Crippen LogP contribution < -0.4 is 20.4 Å². The molecule has 0 aromatic heterocycles. The Hall–Kier alpha value is -3.64. The quantitative estimate of drug-likeness (QED) is 0.106. The lowest BCUT2D eigenvalue weighted by molar-refractivity contribution is -0.149. The summed E-state index contributed by atoms with van der Waals surface area (Å²) < 4.78 is 17.3. The number of benzene rings is 1. The minimum absolute atomic E-state index is 0.00917. The molecule has 1 fully saturated rings. The number of nitrogens with one attached hydrogen (secondary N) is 3. The third-order valence-corrected chi connectivity index (χ3v) is 12.7. The minimum Gasteiger partial charge on any atom is -0.543 e. The van der Waals surface area contributed by atoms with Gasteiger partial charge in [0.15, 0.2) is 0 Å². The van der Waals surface area contributed by atoms with E-state index in [-0.39, 0.29) is 36.4 Å². The molecule has 12 heteroatoms. The number of nitrogens with zero attached hydrogens (tertiary/aromatic N) is 1. The maximum atomic E-state index is 14.2. The fraction of sp³-hybridized carbons (Fsp3) is 0.611. The predicted molar refractivity (Wildman–Crippen MR) is 191 cm³/mol. The molecule has 3 amide bonds. The van der Waals surface area contributed by atoms with Crippen LogP contribution in [0.4, 0.5) is 4.79 Å². The monoisotopic (exact) mass is 686 g/mol. The summed E-state index contributed by atoms with van der Waals surface area (Å²) in [5.74, 6) is -0.893. The molecule has 1 aliphatic heterocycles. The number of carbonyl (C=O) groups excluding carboxylic acids is 4. The van der Waals surface area contributed by atoms with E-state index in [1.165, 1.54) is 0 Å². The first-order chi connectivity index (χ1) is 22.2. The number of carbonyl (C=O) groups is 4. The van der Waals surface area contributed by atoms with Gasteiger partial charge in [-0.05, 0) is 68.9 Å². The van der Waals surface area contributed by atoms with Gasteiger partial charge in [-0.1, -0.05) is 71.6 Å². The Balaban J connectivity index is 2.33. The van der Waals surface area contributed by atoms with Crippen LogP contribution in [-0.4, -0.2) is 87.1 Å². The van der Waals surface area contributed by atoms with Crippen molar-refractivity contribution in [3.63, 3.8) is 0 Å². The molecule has 48 heavy (non-hydrogen) atoms. The summed E-state index contributed by atoms with van der Waals surface area (Å²) in [5.41, 5.74) is 0.0464. The highest BCUT2D eigenvalue weighted by Gasteiger charge is 2.39. The van der Waals surface area contributed by atoms with Crippen molar-refractivity contribution in [3.05, 3.63) is 54.6 Å². The molecular formula is C36H58N4O7Si. The van der Waals surface area contributed by atoms with Crippen LogP contribution in [0.15, 0.2) is 49.1 Å². The van der Waals surface area contributed by atoms with Crippen molar-refractivity contribution in [2.24, 2.45) is 5.92 Å². The van der Waals surface area contributed by atoms with Crippen molar-refractivity contribution in [2.45, 2.75) is 110 Å². The Labute approximate surface area is 288 Å². The molecule has 1 saturated heterocycles. The smallest absolute Gasteiger partial charge is 0.408 e. The van der Waals surface area contributed by atoms with Gasteiger partial charge in [-0.3, -0.25) is 14.4 Å². The zero-order valence-electron chi connectivity index (χ0n) is 30.6. The first-order valence-electron chi connectivity index (χ1n) is 16.8. The predicted octanol–water partition coefficient (Wildman–Crippen LogP) is 5.12. The topological polar surface area (TPSA) is 135 Å². The van der Waals surface area contributed by atoms with E-state index in [0.29, 0.717) is 25.3 Å². The standard InChI is InChI=1S/C36H58N4O7Si/c1-12-13-14-15-21-45-33(43)29-24-40(20-19-37-29)32(42)28(38-31(41)30(25(2)3)39-34(44)46-35(4,5)6)23-26-17-16-18-27(22-26)47-48(10,11)36(7,8)9/h12-14,16-18,22,25,28-30,37H,1,15,19-21,23-24H2,2-11H3,(H,38,41)(H,39,44). The van der Waals surface area contributed by atoms with Crippen LogP contribution in [0.25, 0.3) is 0 Å². The molecule has 1 aromatic carbocycles. The Morgan fingerprint density at radius 3 is 2.40 bits per heavy atom. The zero-order chi connectivity index (χ0) is 36.3. The third kappa shape index (κ3) is 13.1. The molecule has 268 valence electrons. The third-order valence-electron chi connectivity index (χ3n) is 8.33. The van der Waals surface area contributed by atoms with Crippen LogP contribution in [0, 0.1) is 5.92 Å². The Bertz CT molecular complexity index is 1300. The lowest BCUT2D eigenvalue weighted by atomic mass is 10.0. The molecule has 2 rings (SSSR count). The van der Waals surface area contributed by atoms with E-state index in [0.717, 1.165) is 5.56 Å². The highest BCUT2D eigenvalue weighted by atomic mass is 28.4. The van der Waals surface area contributed by atoms with E-state index < -0.39 is 50.0 Å². The molecule has 11 nitrogen and oxygen atoms in total. The van der Waals surface area contributed by atoms with Gasteiger partial charge >= 0.3 is 12.1 Å². The normalized spacial score (nSPS) is 17.0. The second-order valence-corrected chi connectivity index (χ2v) is 19.8. The SMILES string of the molecule is C=CC=CCCOC(=O)C1CN(C(=O)C(Cc2cccc(O[Si](C)(C)C(C)(C)C)c2)NC(=O)C(NC(=O)OC(C)(C)C)C(C)C)CCN1. The van der Waals surface area contributed by atoms with Gasteiger partial charge in [0.1, 0.15) is 29.5 Å². The number of hydrogen-bond acceptors (Lipinski definition) is 8. The van der Waals surface area contributed by atoms with Crippen LogP contribution in [0.5, 0.6) is 5.75 Å². The molecule has 1 aromatic rings. The second-order valence-electron chi connectivity index (χ2n) is 15.1. The van der Waals surface area contributed by atoms with Crippen LogP contribution >= 0.6 is 0 Å². The summed E-state index contributed by atoms with van der Waals surface area (Å²) in [4.78, 5) is 54.9. The molecule has 3 unspecified atom stereocenters. The Kier molecular flexibility index (Phi) is 14.9. The van der Waals surface area contributed by atoms with Crippen molar-refractivity contribution in [2.75, 3.05) is 26.2 Å². The number of amides is 3. The lowest BCUT2D eigenvalue weighted by Crippen LogP contribution is -2.61. The highest BCUT2D eigenvalue weighted by Crippen LogP contribution is 2.37. The zero-order valence-corrected chi connectivity index (χ0v) is 31.6. The average Bonchev–Trinajstić information content (AvgIpc) is 2.97. The van der Waals surface area contributed by atoms with Crippen molar-refractivity contribution < 1.29 is 33.1 Å². The molecule has 0 bridgehead atoms. The molecule has 3 atom stereocenters. The fourth-order valence-electron chi connectivity index (χ4n) is 4.70. The summed E-state index contributed by atoms with van der Waals surface area (Å²) in [7, 11) is -2.13. The van der Waals surface area contributed by atoms with Gasteiger partial charge in [0.25, 0.3) is 0 Å². The Morgan fingerprint density at radius 2 is 1.79 bits per heavy atom. The average molecular weight is 687 g/mol. The molecular weight excluding hydrogens is 629 g/mol. The van der Waals surface area contributed by atoms with Gasteiger partial charge in [0.2, 0.25) is 20.1 Å². The number of piperazine rings is 1. The maximum absolute atomic E-state index is 14.2. The van der Waals surface area contributed by atoms with Crippen LogP contribution in [0.2, 0.25) is 18.1 Å². The molecule has 3 N–H and O–H groups in total. The van der Waals surface area contributed by atoms with Crippen molar-refractivity contribution in [3.8, 4) is 5.75 Å². The van der Waals surface area contributed by atoms with Crippen molar-refractivity contribution in [1.82, 2.24) is 20.9 Å². The van der Waals surface area contributed by atoms with E-state index in [1.54, 1.807) is 51.7 Å². The van der Waals surface area contributed by atoms with Gasteiger partial charge in [0.05, 0.1) is 6.61 Å². The number of hydrogen-bond donors (Lipinski definition) is 3. The van der Waals surface area contributed by atoms with Crippen LogP contribution in [0.1, 0.15) is 67.4 Å². The summed E-state index contributed by atoms with van der Waals surface area (Å²) in [6.07, 6.45) is 5.28. The summed E-state index contributed by atoms with van der Waals surface area (Å²) in [6.45, 7) is 24.3. The molecule has 1 heterocycles. The maximum Gasteiger partial charge on any atom is 0.408 e. The van der Waals surface area contributed by atoms with Crippen LogP contribution in [0.3, 0.4) is 0 Å². The van der Waals surface area contributed by atoms with Gasteiger partial charge in [-0.2, -0.15) is 0 Å². The van der Waals surface area contributed by atoms with E-state index in [4.69, 9.17) is 13.9 Å².